The highest BCUT2D eigenvalue weighted by Crippen LogP contribution is 2.13. The van der Waals surface area contributed by atoms with Gasteiger partial charge in [-0.3, -0.25) is 0 Å². The molecular formula is C11H13NO3. The third kappa shape index (κ3) is 2.87. The monoisotopic (exact) mass is 207 g/mol. The van der Waals surface area contributed by atoms with Gasteiger partial charge in [-0.25, -0.2) is 4.79 Å². The molecule has 0 spiro atoms. The van der Waals surface area contributed by atoms with E-state index in [1.807, 2.05) is 0 Å². The van der Waals surface area contributed by atoms with Gasteiger partial charge in [0.15, 0.2) is 0 Å². The molecule has 0 aliphatic heterocycles. The van der Waals surface area contributed by atoms with Gasteiger partial charge in [-0.2, -0.15) is 4.91 Å². The lowest BCUT2D eigenvalue weighted by Gasteiger charge is -2.06. The average molecular weight is 207 g/mol. The molecule has 80 valence electrons. The molecule has 0 aromatic heterocycles. The van der Waals surface area contributed by atoms with Crippen molar-refractivity contribution in [3.8, 4) is 0 Å². The molecule has 1 aromatic carbocycles. The predicted octanol–water partition coefficient (Wildman–Crippen LogP) is 2.44. The van der Waals surface area contributed by atoms with Crippen molar-refractivity contribution >= 4 is 5.97 Å². The first kappa shape index (κ1) is 11.4. The lowest BCUT2D eigenvalue weighted by atomic mass is 10.1. The van der Waals surface area contributed by atoms with Crippen LogP contribution in [-0.4, -0.2) is 12.6 Å². The molecular weight excluding hydrogens is 194 g/mol. The second-order valence-electron chi connectivity index (χ2n) is 3.16. The van der Waals surface area contributed by atoms with Crippen molar-refractivity contribution in [1.29, 1.82) is 0 Å². The Kier molecular flexibility index (Phi) is 3.97. The van der Waals surface area contributed by atoms with Crippen molar-refractivity contribution in [2.24, 2.45) is 5.18 Å². The number of rotatable bonds is 4. The summed E-state index contributed by atoms with van der Waals surface area (Å²) in [4.78, 5) is 21.5. The molecule has 0 saturated carbocycles. The topological polar surface area (TPSA) is 55.7 Å². The number of carbonyl (C=O) groups is 1. The van der Waals surface area contributed by atoms with E-state index in [-0.39, 0.29) is 12.5 Å². The van der Waals surface area contributed by atoms with E-state index < -0.39 is 0 Å². The van der Waals surface area contributed by atoms with Crippen molar-refractivity contribution < 1.29 is 9.53 Å². The van der Waals surface area contributed by atoms with Gasteiger partial charge in [0.1, 0.15) is 6.54 Å². The predicted molar refractivity (Wildman–Crippen MR) is 56.6 cm³/mol. The van der Waals surface area contributed by atoms with Crippen molar-refractivity contribution in [2.45, 2.75) is 20.4 Å². The van der Waals surface area contributed by atoms with E-state index in [0.29, 0.717) is 12.2 Å². The molecule has 0 fully saturated rings. The summed E-state index contributed by atoms with van der Waals surface area (Å²) < 4.78 is 4.88. The Hall–Kier alpha value is -1.71. The molecule has 0 heterocycles. The highest BCUT2D eigenvalue weighted by Gasteiger charge is 2.09. The summed E-state index contributed by atoms with van der Waals surface area (Å²) in [6, 6.07) is 5.14. The quantitative estimate of drug-likeness (QED) is 0.562. The fourth-order valence-electron chi connectivity index (χ4n) is 1.34. The largest absolute Gasteiger partial charge is 0.462 e. The van der Waals surface area contributed by atoms with Gasteiger partial charge in [0.25, 0.3) is 0 Å². The lowest BCUT2D eigenvalue weighted by molar-refractivity contribution is 0.0525. The van der Waals surface area contributed by atoms with Crippen molar-refractivity contribution in [1.82, 2.24) is 0 Å². The summed E-state index contributed by atoms with van der Waals surface area (Å²) in [7, 11) is 0. The second-order valence-corrected chi connectivity index (χ2v) is 3.16. The average Bonchev–Trinajstić information content (AvgIpc) is 2.18. The molecule has 0 bridgehead atoms. The molecule has 0 unspecified atom stereocenters. The summed E-state index contributed by atoms with van der Waals surface area (Å²) in [5.41, 5.74) is 2.14. The Labute approximate surface area is 88.2 Å². The van der Waals surface area contributed by atoms with Gasteiger partial charge in [0.2, 0.25) is 0 Å². The van der Waals surface area contributed by atoms with Gasteiger partial charge in [-0.1, -0.05) is 17.3 Å². The van der Waals surface area contributed by atoms with E-state index >= 15 is 0 Å². The highest BCUT2D eigenvalue weighted by atomic mass is 16.5. The summed E-state index contributed by atoms with van der Waals surface area (Å²) >= 11 is 0. The third-order valence-electron chi connectivity index (χ3n) is 2.03. The number of esters is 1. The molecule has 0 aliphatic rings. The molecule has 0 N–H and O–H groups in total. The molecule has 0 atom stereocenters. The van der Waals surface area contributed by atoms with E-state index in [0.717, 1.165) is 11.1 Å². The second kappa shape index (κ2) is 5.24. The van der Waals surface area contributed by atoms with Gasteiger partial charge < -0.3 is 4.74 Å². The molecule has 0 amide bonds. The number of benzene rings is 1. The van der Waals surface area contributed by atoms with Crippen LogP contribution in [-0.2, 0) is 11.3 Å². The van der Waals surface area contributed by atoms with Crippen LogP contribution in [0.25, 0.3) is 0 Å². The highest BCUT2D eigenvalue weighted by molar-refractivity contribution is 5.91. The fourth-order valence-corrected chi connectivity index (χ4v) is 1.34. The Bertz CT molecular complexity index is 374. The zero-order chi connectivity index (χ0) is 11.3. The van der Waals surface area contributed by atoms with Crippen LogP contribution >= 0.6 is 0 Å². The van der Waals surface area contributed by atoms with Gasteiger partial charge in [-0.05, 0) is 31.0 Å². The molecule has 4 nitrogen and oxygen atoms in total. The molecule has 0 aliphatic carbocycles. The summed E-state index contributed by atoms with van der Waals surface area (Å²) in [5, 5.41) is 2.79. The van der Waals surface area contributed by atoms with Gasteiger partial charge in [0.05, 0.1) is 12.2 Å². The van der Waals surface area contributed by atoms with Crippen LogP contribution in [0.3, 0.4) is 0 Å². The van der Waals surface area contributed by atoms with Crippen LogP contribution in [0.1, 0.15) is 28.4 Å². The van der Waals surface area contributed by atoms with E-state index in [2.05, 4.69) is 5.18 Å². The smallest absolute Gasteiger partial charge is 0.338 e. The Balaban J connectivity index is 2.92. The number of hydrogen-bond donors (Lipinski definition) is 0. The first-order valence-corrected chi connectivity index (χ1v) is 4.74. The zero-order valence-electron chi connectivity index (χ0n) is 8.82. The first-order valence-electron chi connectivity index (χ1n) is 4.74. The number of carbonyl (C=O) groups excluding carboxylic acids is 1. The maximum atomic E-state index is 11.4. The maximum absolute atomic E-state index is 11.4. The Morgan fingerprint density at radius 2 is 2.20 bits per heavy atom. The molecule has 4 heteroatoms. The van der Waals surface area contributed by atoms with E-state index in [9.17, 15) is 9.70 Å². The minimum atomic E-state index is -0.333. The number of hydrogen-bond acceptors (Lipinski definition) is 4. The minimum absolute atomic E-state index is 0.129. The summed E-state index contributed by atoms with van der Waals surface area (Å²) in [6.07, 6.45) is 0. The molecule has 15 heavy (non-hydrogen) atoms. The van der Waals surface area contributed by atoms with E-state index in [4.69, 9.17) is 4.74 Å². The first-order chi connectivity index (χ1) is 7.19. The summed E-state index contributed by atoms with van der Waals surface area (Å²) in [5.74, 6) is -0.333. The number of nitroso groups, excluding NO2 is 1. The third-order valence-corrected chi connectivity index (χ3v) is 2.03. The number of aryl methyl sites for hydroxylation is 1. The van der Waals surface area contributed by atoms with E-state index in [1.54, 1.807) is 32.0 Å². The SMILES string of the molecule is CCOC(=O)c1ccc(CN=O)cc1C. The number of nitrogens with zero attached hydrogens (tertiary/aromatic N) is 1. The van der Waals surface area contributed by atoms with Crippen molar-refractivity contribution in [2.75, 3.05) is 6.61 Å². The van der Waals surface area contributed by atoms with Crippen molar-refractivity contribution in [3.05, 3.63) is 39.8 Å². The van der Waals surface area contributed by atoms with Gasteiger partial charge in [0, 0.05) is 0 Å². The normalized spacial score (nSPS) is 9.73. The van der Waals surface area contributed by atoms with Crippen LogP contribution in [0, 0.1) is 11.8 Å². The van der Waals surface area contributed by atoms with Gasteiger partial charge in [-0.15, -0.1) is 0 Å². The molecule has 1 rings (SSSR count). The van der Waals surface area contributed by atoms with Crippen LogP contribution in [0.15, 0.2) is 23.4 Å². The van der Waals surface area contributed by atoms with E-state index in [1.165, 1.54) is 0 Å². The van der Waals surface area contributed by atoms with Gasteiger partial charge >= 0.3 is 5.97 Å². The Morgan fingerprint density at radius 1 is 1.47 bits per heavy atom. The van der Waals surface area contributed by atoms with Crippen molar-refractivity contribution in [3.63, 3.8) is 0 Å². The molecule has 1 aromatic rings. The van der Waals surface area contributed by atoms with Crippen LogP contribution < -0.4 is 0 Å². The number of ether oxygens (including phenoxy) is 1. The lowest BCUT2D eigenvalue weighted by Crippen LogP contribution is -2.06. The fraction of sp³-hybridized carbons (Fsp3) is 0.364. The summed E-state index contributed by atoms with van der Waals surface area (Å²) in [6.45, 7) is 4.05. The molecule has 0 radical (unpaired) electrons. The van der Waals surface area contributed by atoms with Crippen LogP contribution in [0.4, 0.5) is 0 Å². The minimum Gasteiger partial charge on any atom is -0.462 e. The standard InChI is InChI=1S/C11H13NO3/c1-3-15-11(13)10-5-4-9(7-12-14)6-8(10)2/h4-6H,3,7H2,1-2H3. The zero-order valence-corrected chi connectivity index (χ0v) is 8.82. The molecule has 0 saturated heterocycles. The van der Waals surface area contributed by atoms with Crippen LogP contribution in [0.2, 0.25) is 0 Å². The maximum Gasteiger partial charge on any atom is 0.338 e. The Morgan fingerprint density at radius 3 is 2.73 bits per heavy atom. The van der Waals surface area contributed by atoms with Crippen LogP contribution in [0.5, 0.6) is 0 Å².